The van der Waals surface area contributed by atoms with Crippen molar-refractivity contribution in [1.82, 2.24) is 14.9 Å². The predicted octanol–water partition coefficient (Wildman–Crippen LogP) is 1.44. The maximum absolute atomic E-state index is 4.04. The molecular formula is C9H17N3. The van der Waals surface area contributed by atoms with Crippen molar-refractivity contribution in [3.05, 3.63) is 18.7 Å². The molecular weight excluding hydrogens is 150 g/mol. The molecule has 0 amide bonds. The van der Waals surface area contributed by atoms with Gasteiger partial charge in [0.2, 0.25) is 0 Å². The molecule has 12 heavy (non-hydrogen) atoms. The van der Waals surface area contributed by atoms with Crippen LogP contribution in [0.5, 0.6) is 0 Å². The van der Waals surface area contributed by atoms with Crippen molar-refractivity contribution in [3.8, 4) is 0 Å². The molecule has 1 unspecified atom stereocenters. The summed E-state index contributed by atoms with van der Waals surface area (Å²) in [5.74, 6) is 0. The zero-order valence-electron chi connectivity index (χ0n) is 7.83. The molecule has 0 aliphatic heterocycles. The van der Waals surface area contributed by atoms with E-state index in [2.05, 4.69) is 21.8 Å². The van der Waals surface area contributed by atoms with E-state index in [1.807, 2.05) is 25.8 Å². The lowest BCUT2D eigenvalue weighted by molar-refractivity contribution is 0.442. The minimum atomic E-state index is 0.558. The normalized spacial score (nSPS) is 13.2. The fraction of sp³-hybridized carbons (Fsp3) is 0.667. The molecule has 1 aromatic heterocycles. The Bertz CT molecular complexity index is 188. The van der Waals surface area contributed by atoms with Gasteiger partial charge in [-0.2, -0.15) is 0 Å². The third kappa shape index (κ3) is 2.34. The lowest BCUT2D eigenvalue weighted by Crippen LogP contribution is -2.21. The molecule has 1 aromatic rings. The molecule has 0 aliphatic carbocycles. The highest BCUT2D eigenvalue weighted by atomic mass is 15.1. The van der Waals surface area contributed by atoms with E-state index in [0.29, 0.717) is 6.04 Å². The van der Waals surface area contributed by atoms with Crippen LogP contribution in [0.25, 0.3) is 0 Å². The molecule has 0 fully saturated rings. The summed E-state index contributed by atoms with van der Waals surface area (Å²) in [4.78, 5) is 4.04. The first-order valence-corrected chi connectivity index (χ1v) is 4.50. The fourth-order valence-electron chi connectivity index (χ4n) is 1.41. The van der Waals surface area contributed by atoms with Crippen molar-refractivity contribution in [2.45, 2.75) is 25.8 Å². The SMILES string of the molecule is CCCC(CNC)n1ccnc1. The number of nitrogens with zero attached hydrogens (tertiary/aromatic N) is 2. The van der Waals surface area contributed by atoms with E-state index < -0.39 is 0 Å². The van der Waals surface area contributed by atoms with Crippen molar-refractivity contribution < 1.29 is 0 Å². The summed E-state index contributed by atoms with van der Waals surface area (Å²) in [5.41, 5.74) is 0. The monoisotopic (exact) mass is 167 g/mol. The Balaban J connectivity index is 2.53. The highest BCUT2D eigenvalue weighted by Gasteiger charge is 2.06. The van der Waals surface area contributed by atoms with E-state index in [0.717, 1.165) is 6.54 Å². The third-order valence-electron chi connectivity index (χ3n) is 2.01. The van der Waals surface area contributed by atoms with Gasteiger partial charge in [-0.25, -0.2) is 4.98 Å². The standard InChI is InChI=1S/C9H17N3/c1-3-4-9(7-10-2)12-6-5-11-8-12/h5-6,8-10H,3-4,7H2,1-2H3. The zero-order chi connectivity index (χ0) is 8.81. The van der Waals surface area contributed by atoms with Gasteiger partial charge in [0.25, 0.3) is 0 Å². The number of hydrogen-bond donors (Lipinski definition) is 1. The van der Waals surface area contributed by atoms with Crippen molar-refractivity contribution in [2.75, 3.05) is 13.6 Å². The van der Waals surface area contributed by atoms with Crippen LogP contribution >= 0.6 is 0 Å². The predicted molar refractivity (Wildman–Crippen MR) is 50.1 cm³/mol. The van der Waals surface area contributed by atoms with E-state index in [4.69, 9.17) is 0 Å². The van der Waals surface area contributed by atoms with Crippen molar-refractivity contribution in [1.29, 1.82) is 0 Å². The quantitative estimate of drug-likeness (QED) is 0.719. The number of likely N-dealkylation sites (N-methyl/N-ethyl adjacent to an activating group) is 1. The third-order valence-corrected chi connectivity index (χ3v) is 2.01. The number of hydrogen-bond acceptors (Lipinski definition) is 2. The van der Waals surface area contributed by atoms with E-state index in [9.17, 15) is 0 Å². The second-order valence-corrected chi connectivity index (χ2v) is 3.01. The summed E-state index contributed by atoms with van der Waals surface area (Å²) >= 11 is 0. The maximum atomic E-state index is 4.04. The van der Waals surface area contributed by atoms with Crippen LogP contribution in [0.3, 0.4) is 0 Å². The van der Waals surface area contributed by atoms with Gasteiger partial charge >= 0.3 is 0 Å². The van der Waals surface area contributed by atoms with Gasteiger partial charge in [-0.1, -0.05) is 13.3 Å². The number of aromatic nitrogens is 2. The first kappa shape index (κ1) is 9.26. The smallest absolute Gasteiger partial charge is 0.0948 e. The molecule has 1 rings (SSSR count). The molecule has 1 atom stereocenters. The lowest BCUT2D eigenvalue weighted by atomic mass is 10.1. The van der Waals surface area contributed by atoms with E-state index in [-0.39, 0.29) is 0 Å². The minimum Gasteiger partial charge on any atom is -0.333 e. The molecule has 3 heteroatoms. The summed E-state index contributed by atoms with van der Waals surface area (Å²) in [6, 6.07) is 0.558. The van der Waals surface area contributed by atoms with Gasteiger partial charge < -0.3 is 9.88 Å². The van der Waals surface area contributed by atoms with Gasteiger partial charge in [-0.15, -0.1) is 0 Å². The van der Waals surface area contributed by atoms with Gasteiger partial charge in [0.15, 0.2) is 0 Å². The van der Waals surface area contributed by atoms with Crippen LogP contribution in [0.4, 0.5) is 0 Å². The van der Waals surface area contributed by atoms with Crippen LogP contribution in [0.2, 0.25) is 0 Å². The average Bonchev–Trinajstić information content (AvgIpc) is 2.56. The molecule has 0 spiro atoms. The molecule has 1 N–H and O–H groups in total. The largest absolute Gasteiger partial charge is 0.333 e. The van der Waals surface area contributed by atoms with Crippen molar-refractivity contribution >= 4 is 0 Å². The second kappa shape index (κ2) is 4.93. The Morgan fingerprint density at radius 2 is 2.42 bits per heavy atom. The summed E-state index contributed by atoms with van der Waals surface area (Å²) in [7, 11) is 1.99. The van der Waals surface area contributed by atoms with Gasteiger partial charge in [0.1, 0.15) is 0 Å². The number of rotatable bonds is 5. The van der Waals surface area contributed by atoms with Crippen LogP contribution in [0.1, 0.15) is 25.8 Å². The fourth-order valence-corrected chi connectivity index (χ4v) is 1.41. The van der Waals surface area contributed by atoms with Crippen LogP contribution in [0, 0.1) is 0 Å². The Morgan fingerprint density at radius 1 is 1.58 bits per heavy atom. The summed E-state index contributed by atoms with van der Waals surface area (Å²) in [6.07, 6.45) is 8.16. The van der Waals surface area contributed by atoms with Crippen molar-refractivity contribution in [3.63, 3.8) is 0 Å². The van der Waals surface area contributed by atoms with Crippen molar-refractivity contribution in [2.24, 2.45) is 0 Å². The second-order valence-electron chi connectivity index (χ2n) is 3.01. The molecule has 0 radical (unpaired) electrons. The van der Waals surface area contributed by atoms with E-state index in [1.165, 1.54) is 12.8 Å². The van der Waals surface area contributed by atoms with Gasteiger partial charge in [-0.05, 0) is 13.5 Å². The van der Waals surface area contributed by atoms with Gasteiger partial charge in [0.05, 0.1) is 6.33 Å². The topological polar surface area (TPSA) is 29.9 Å². The Labute approximate surface area is 73.8 Å². The van der Waals surface area contributed by atoms with Crippen LogP contribution in [-0.2, 0) is 0 Å². The molecule has 0 aliphatic rings. The summed E-state index contributed by atoms with van der Waals surface area (Å²) < 4.78 is 2.17. The number of nitrogens with one attached hydrogen (secondary N) is 1. The van der Waals surface area contributed by atoms with E-state index >= 15 is 0 Å². The maximum Gasteiger partial charge on any atom is 0.0948 e. The molecule has 3 nitrogen and oxygen atoms in total. The van der Waals surface area contributed by atoms with Crippen LogP contribution < -0.4 is 5.32 Å². The van der Waals surface area contributed by atoms with Crippen LogP contribution in [0.15, 0.2) is 18.7 Å². The first-order chi connectivity index (χ1) is 5.88. The molecule has 1 heterocycles. The molecule has 0 saturated heterocycles. The average molecular weight is 167 g/mol. The summed E-state index contributed by atoms with van der Waals surface area (Å²) in [5, 5.41) is 3.19. The lowest BCUT2D eigenvalue weighted by Gasteiger charge is -2.16. The first-order valence-electron chi connectivity index (χ1n) is 4.50. The minimum absolute atomic E-state index is 0.558. The van der Waals surface area contributed by atoms with Gasteiger partial charge in [-0.3, -0.25) is 0 Å². The molecule has 0 bridgehead atoms. The van der Waals surface area contributed by atoms with E-state index in [1.54, 1.807) is 0 Å². The molecule has 68 valence electrons. The van der Waals surface area contributed by atoms with Crippen LogP contribution in [-0.4, -0.2) is 23.1 Å². The Hall–Kier alpha value is -0.830. The Kier molecular flexibility index (Phi) is 3.80. The summed E-state index contributed by atoms with van der Waals surface area (Å²) in [6.45, 7) is 3.23. The molecule has 0 saturated carbocycles. The highest BCUT2D eigenvalue weighted by Crippen LogP contribution is 2.11. The zero-order valence-corrected chi connectivity index (χ0v) is 7.83. The van der Waals surface area contributed by atoms with Gasteiger partial charge in [0, 0.05) is 25.0 Å². The Morgan fingerprint density at radius 3 is 2.92 bits per heavy atom. The highest BCUT2D eigenvalue weighted by molar-refractivity contribution is 4.81. The number of imidazole rings is 1. The molecule has 0 aromatic carbocycles.